The summed E-state index contributed by atoms with van der Waals surface area (Å²) in [6.07, 6.45) is 2.45. The van der Waals surface area contributed by atoms with Gasteiger partial charge >= 0.3 is 0 Å². The summed E-state index contributed by atoms with van der Waals surface area (Å²) in [7, 11) is 0. The standard InChI is InChI=1S/C15H22N2O2.ClH/c1-12-2-4-13(5-3-12)19-14-7-10-17(11-8-14)15(18)6-9-16;/h2-5,14H,6-11,16H2,1H3;1H. The highest BCUT2D eigenvalue weighted by molar-refractivity contribution is 5.85. The number of nitrogens with two attached hydrogens (primary N) is 1. The minimum Gasteiger partial charge on any atom is -0.490 e. The van der Waals surface area contributed by atoms with Crippen LogP contribution in [0, 0.1) is 6.92 Å². The van der Waals surface area contributed by atoms with Crippen LogP contribution in [0.3, 0.4) is 0 Å². The van der Waals surface area contributed by atoms with Crippen molar-refractivity contribution in [2.24, 2.45) is 5.73 Å². The fourth-order valence-electron chi connectivity index (χ4n) is 2.31. The van der Waals surface area contributed by atoms with Crippen LogP contribution in [0.5, 0.6) is 5.75 Å². The van der Waals surface area contributed by atoms with E-state index in [9.17, 15) is 4.79 Å². The maximum atomic E-state index is 11.7. The number of piperidine rings is 1. The van der Waals surface area contributed by atoms with Gasteiger partial charge in [0, 0.05) is 38.9 Å². The van der Waals surface area contributed by atoms with Crippen molar-refractivity contribution in [3.63, 3.8) is 0 Å². The Morgan fingerprint density at radius 2 is 1.90 bits per heavy atom. The first-order valence-corrected chi connectivity index (χ1v) is 6.90. The quantitative estimate of drug-likeness (QED) is 0.926. The van der Waals surface area contributed by atoms with Crippen LogP contribution in [-0.2, 0) is 4.79 Å². The molecule has 0 aromatic heterocycles. The third kappa shape index (κ3) is 4.69. The van der Waals surface area contributed by atoms with Gasteiger partial charge in [-0.1, -0.05) is 17.7 Å². The minimum atomic E-state index is 0. The smallest absolute Gasteiger partial charge is 0.223 e. The monoisotopic (exact) mass is 298 g/mol. The lowest BCUT2D eigenvalue weighted by molar-refractivity contribution is -0.132. The van der Waals surface area contributed by atoms with Gasteiger partial charge in [0.25, 0.3) is 0 Å². The minimum absolute atomic E-state index is 0. The predicted molar refractivity (Wildman–Crippen MR) is 82.3 cm³/mol. The molecule has 0 radical (unpaired) electrons. The molecule has 0 bridgehead atoms. The molecule has 5 heteroatoms. The van der Waals surface area contributed by atoms with E-state index in [0.29, 0.717) is 13.0 Å². The van der Waals surface area contributed by atoms with Crippen molar-refractivity contribution in [3.8, 4) is 5.75 Å². The van der Waals surface area contributed by atoms with Crippen molar-refractivity contribution < 1.29 is 9.53 Å². The molecule has 0 atom stereocenters. The lowest BCUT2D eigenvalue weighted by Gasteiger charge is -2.32. The van der Waals surface area contributed by atoms with E-state index >= 15 is 0 Å². The normalized spacial score (nSPS) is 15.6. The van der Waals surface area contributed by atoms with E-state index in [2.05, 4.69) is 19.1 Å². The lowest BCUT2D eigenvalue weighted by atomic mass is 10.1. The molecular weight excluding hydrogens is 276 g/mol. The van der Waals surface area contributed by atoms with Crippen molar-refractivity contribution in [2.75, 3.05) is 19.6 Å². The van der Waals surface area contributed by atoms with E-state index in [1.807, 2.05) is 17.0 Å². The number of nitrogens with zero attached hydrogens (tertiary/aromatic N) is 1. The van der Waals surface area contributed by atoms with Gasteiger partial charge in [-0.15, -0.1) is 12.4 Å². The number of hydrogen-bond donors (Lipinski definition) is 1. The van der Waals surface area contributed by atoms with Gasteiger partial charge in [0.05, 0.1) is 0 Å². The number of halogens is 1. The maximum absolute atomic E-state index is 11.7. The summed E-state index contributed by atoms with van der Waals surface area (Å²) in [6.45, 7) is 4.04. The highest BCUT2D eigenvalue weighted by Gasteiger charge is 2.23. The van der Waals surface area contributed by atoms with Crippen molar-refractivity contribution >= 4 is 18.3 Å². The van der Waals surface area contributed by atoms with Gasteiger partial charge in [-0.05, 0) is 19.1 Å². The number of rotatable bonds is 4. The van der Waals surface area contributed by atoms with Crippen LogP contribution in [0.2, 0.25) is 0 Å². The second-order valence-electron chi connectivity index (χ2n) is 5.05. The topological polar surface area (TPSA) is 55.6 Å². The summed E-state index contributed by atoms with van der Waals surface area (Å²) >= 11 is 0. The Morgan fingerprint density at radius 3 is 2.45 bits per heavy atom. The Labute approximate surface area is 126 Å². The van der Waals surface area contributed by atoms with Gasteiger partial charge < -0.3 is 15.4 Å². The number of carbonyl (C=O) groups excluding carboxylic acids is 1. The van der Waals surface area contributed by atoms with E-state index in [1.165, 1.54) is 5.56 Å². The molecule has 0 aliphatic carbocycles. The van der Waals surface area contributed by atoms with Crippen molar-refractivity contribution in [2.45, 2.75) is 32.3 Å². The van der Waals surface area contributed by atoms with E-state index in [1.54, 1.807) is 0 Å². The van der Waals surface area contributed by atoms with Gasteiger partial charge in [-0.25, -0.2) is 0 Å². The predicted octanol–water partition coefficient (Wildman–Crippen LogP) is 2.14. The Kier molecular flexibility index (Phi) is 6.82. The Hall–Kier alpha value is -1.26. The number of ether oxygens (including phenoxy) is 1. The summed E-state index contributed by atoms with van der Waals surface area (Å²) in [5, 5.41) is 0. The molecule has 1 amide bonds. The molecule has 1 aliphatic heterocycles. The van der Waals surface area contributed by atoms with E-state index in [4.69, 9.17) is 10.5 Å². The SMILES string of the molecule is Cc1ccc(OC2CCN(C(=O)CCN)CC2)cc1.Cl. The number of amides is 1. The molecule has 1 heterocycles. The zero-order chi connectivity index (χ0) is 13.7. The summed E-state index contributed by atoms with van der Waals surface area (Å²) in [5.74, 6) is 1.08. The zero-order valence-corrected chi connectivity index (χ0v) is 12.7. The van der Waals surface area contributed by atoms with Crippen LogP contribution in [0.4, 0.5) is 0 Å². The zero-order valence-electron chi connectivity index (χ0n) is 11.9. The Morgan fingerprint density at radius 1 is 1.30 bits per heavy atom. The number of hydrogen-bond acceptors (Lipinski definition) is 3. The molecule has 1 fully saturated rings. The summed E-state index contributed by atoms with van der Waals surface area (Å²) < 4.78 is 5.94. The largest absolute Gasteiger partial charge is 0.490 e. The molecule has 1 aromatic rings. The highest BCUT2D eigenvalue weighted by atomic mass is 35.5. The summed E-state index contributed by atoms with van der Waals surface area (Å²) in [4.78, 5) is 13.6. The molecule has 0 unspecified atom stereocenters. The number of benzene rings is 1. The average molecular weight is 299 g/mol. The third-order valence-corrected chi connectivity index (χ3v) is 3.48. The first-order chi connectivity index (χ1) is 9.19. The van der Waals surface area contributed by atoms with Gasteiger partial charge in [0.1, 0.15) is 11.9 Å². The Balaban J connectivity index is 0.00000200. The first kappa shape index (κ1) is 16.8. The van der Waals surface area contributed by atoms with Crippen molar-refractivity contribution in [1.82, 2.24) is 4.90 Å². The number of carbonyl (C=O) groups is 1. The van der Waals surface area contributed by atoms with Crippen molar-refractivity contribution in [1.29, 1.82) is 0 Å². The summed E-state index contributed by atoms with van der Waals surface area (Å²) in [6, 6.07) is 8.10. The fraction of sp³-hybridized carbons (Fsp3) is 0.533. The average Bonchev–Trinajstić information content (AvgIpc) is 2.42. The van der Waals surface area contributed by atoms with Gasteiger partial charge in [0.2, 0.25) is 5.91 Å². The van der Waals surface area contributed by atoms with Crippen molar-refractivity contribution in [3.05, 3.63) is 29.8 Å². The van der Waals surface area contributed by atoms with E-state index in [-0.39, 0.29) is 24.4 Å². The molecule has 112 valence electrons. The van der Waals surface area contributed by atoms with Crippen LogP contribution in [0.25, 0.3) is 0 Å². The van der Waals surface area contributed by atoms with Crippen LogP contribution in [0.15, 0.2) is 24.3 Å². The lowest BCUT2D eigenvalue weighted by Crippen LogP contribution is -2.42. The molecule has 1 aromatic carbocycles. The maximum Gasteiger partial charge on any atom is 0.223 e. The highest BCUT2D eigenvalue weighted by Crippen LogP contribution is 2.19. The Bertz CT molecular complexity index is 414. The first-order valence-electron chi connectivity index (χ1n) is 6.90. The molecular formula is C15H23ClN2O2. The second-order valence-corrected chi connectivity index (χ2v) is 5.05. The van der Waals surface area contributed by atoms with Crippen LogP contribution in [-0.4, -0.2) is 36.5 Å². The summed E-state index contributed by atoms with van der Waals surface area (Å²) in [5.41, 5.74) is 6.64. The van der Waals surface area contributed by atoms with Crippen LogP contribution >= 0.6 is 12.4 Å². The fourth-order valence-corrected chi connectivity index (χ4v) is 2.31. The molecule has 1 saturated heterocycles. The second kappa shape index (κ2) is 8.12. The molecule has 4 nitrogen and oxygen atoms in total. The van der Waals surface area contributed by atoms with E-state index in [0.717, 1.165) is 31.7 Å². The molecule has 20 heavy (non-hydrogen) atoms. The molecule has 0 saturated carbocycles. The van der Waals surface area contributed by atoms with Gasteiger partial charge in [-0.3, -0.25) is 4.79 Å². The molecule has 2 N–H and O–H groups in total. The molecule has 1 aliphatic rings. The number of likely N-dealkylation sites (tertiary alicyclic amines) is 1. The van der Waals surface area contributed by atoms with Crippen LogP contribution < -0.4 is 10.5 Å². The van der Waals surface area contributed by atoms with Crippen LogP contribution in [0.1, 0.15) is 24.8 Å². The molecule has 0 spiro atoms. The van der Waals surface area contributed by atoms with Gasteiger partial charge in [-0.2, -0.15) is 0 Å². The number of aryl methyl sites for hydroxylation is 1. The molecule has 2 rings (SSSR count). The van der Waals surface area contributed by atoms with E-state index < -0.39 is 0 Å². The van der Waals surface area contributed by atoms with Gasteiger partial charge in [0.15, 0.2) is 0 Å². The third-order valence-electron chi connectivity index (χ3n) is 3.48.